The van der Waals surface area contributed by atoms with Gasteiger partial charge in [-0.25, -0.2) is 4.79 Å². The number of pyridine rings is 2. The third-order valence-electron chi connectivity index (χ3n) is 21.3. The van der Waals surface area contributed by atoms with Gasteiger partial charge >= 0.3 is 5.63 Å². The number of fused-ring (bicyclic) bond motifs is 9. The normalized spacial score (nSPS) is 12.1. The van der Waals surface area contributed by atoms with Gasteiger partial charge in [-0.15, -0.1) is 34.0 Å². The Morgan fingerprint density at radius 3 is 1.49 bits per heavy atom. The van der Waals surface area contributed by atoms with E-state index in [1.54, 1.807) is 18.2 Å². The molecule has 0 atom stereocenters. The van der Waals surface area contributed by atoms with Crippen LogP contribution in [0.4, 0.5) is 0 Å². The zero-order chi connectivity index (χ0) is 89.8. The molecule has 0 radical (unpaired) electrons. The first kappa shape index (κ1) is 94.4. The fraction of sp³-hybridized carbons (Fsp3) is 0.321. The van der Waals surface area contributed by atoms with Crippen molar-refractivity contribution in [3.63, 3.8) is 0 Å². The molecule has 0 aliphatic rings. The first-order valence-electron chi connectivity index (χ1n) is 42.9. The van der Waals surface area contributed by atoms with Crippen LogP contribution in [0.1, 0.15) is 237 Å². The molecule has 9 heterocycles. The highest BCUT2D eigenvalue weighted by molar-refractivity contribution is 7.19. The van der Waals surface area contributed by atoms with Gasteiger partial charge in [-0.3, -0.25) is 14.8 Å². The predicted molar refractivity (Wildman–Crippen MR) is 539 cm³/mol. The van der Waals surface area contributed by atoms with Crippen molar-refractivity contribution in [3.8, 4) is 0 Å². The van der Waals surface area contributed by atoms with Crippen LogP contribution in [0.15, 0.2) is 303 Å². The van der Waals surface area contributed by atoms with Crippen LogP contribution in [-0.2, 0) is 48.7 Å². The van der Waals surface area contributed by atoms with E-state index in [1.807, 2.05) is 116 Å². The predicted octanol–water partition coefficient (Wildman–Crippen LogP) is 32.8. The number of hydrogen-bond donors (Lipinski definition) is 2. The number of benzene rings is 9. The fourth-order valence-corrected chi connectivity index (χ4v) is 16.7. The summed E-state index contributed by atoms with van der Waals surface area (Å²) >= 11 is 5.56. The molecule has 0 fully saturated rings. The van der Waals surface area contributed by atoms with Gasteiger partial charge in [0.05, 0.1) is 16.4 Å². The van der Waals surface area contributed by atoms with E-state index in [-0.39, 0.29) is 59.8 Å². The third kappa shape index (κ3) is 26.1. The third-order valence-corrected chi connectivity index (χ3v) is 24.7. The minimum atomic E-state index is -0.298. The Labute approximate surface area is 743 Å². The highest BCUT2D eigenvalue weighted by Crippen LogP contribution is 2.38. The number of H-pyrrole nitrogens is 2. The van der Waals surface area contributed by atoms with Crippen molar-refractivity contribution in [2.75, 3.05) is 0 Å². The zero-order valence-corrected chi connectivity index (χ0v) is 80.3. The van der Waals surface area contributed by atoms with Crippen molar-refractivity contribution < 1.29 is 8.83 Å². The quantitative estimate of drug-likeness (QED) is 0.146. The molecule has 0 bridgehead atoms. The van der Waals surface area contributed by atoms with E-state index in [4.69, 9.17) is 8.83 Å². The second-order valence-electron chi connectivity index (χ2n) is 41.0. The second kappa shape index (κ2) is 38.9. The molecule has 0 saturated heterocycles. The van der Waals surface area contributed by atoms with Crippen LogP contribution in [0.5, 0.6) is 0 Å². The standard InChI is InChI=1S/2C13H15N.2C13H14O2.2C12H15N.3C12H14S/c1-13(2,3)11-6-7-12-10(9-11)5-4-8-14-12;1-13(2,3)12-9-8-10-6-4-5-7-11(10)14-12;1-13(2,3)10-6-4-9-5-7-12(14)15-11(9)8-10;1-13(2,3)12-8-10(14)9-6-4-5-7-11(9)15-12;1-12(2,3)10-5-4-9-6-7-13-11(9)8-10;1-12(2,3)10-8-13-11-7-5-4-6-9(10)11;1-12(2,3)10-5-4-9-6-7-13-11(9)8-10;1-12(2,3)10-8-13-11-7-5-4-6-9(10)11;1-12(2,3)11-8-9-6-4-5-7-10(9)13-11/h2*4-9H,1-3H3;2*4-8H,1-3H3;2*4-8,13H,1-3H3;3*4-8H,1-3H3. The van der Waals surface area contributed by atoms with Gasteiger partial charge in [0.15, 0.2) is 5.43 Å². The average Bonchev–Trinajstić information content (AvgIpc) is 1.76. The van der Waals surface area contributed by atoms with Crippen molar-refractivity contribution in [1.29, 1.82) is 0 Å². The lowest BCUT2D eigenvalue weighted by Crippen LogP contribution is -2.14. The lowest BCUT2D eigenvalue weighted by Gasteiger charge is -2.19. The smallest absolute Gasteiger partial charge is 0.336 e. The van der Waals surface area contributed by atoms with E-state index in [1.165, 1.54) is 107 Å². The minimum Gasteiger partial charge on any atom is -0.460 e. The Hall–Kier alpha value is -10.8. The number of nitrogens with one attached hydrogen (secondary N) is 2. The van der Waals surface area contributed by atoms with Gasteiger partial charge in [0.25, 0.3) is 0 Å². The molecule has 9 aromatic heterocycles. The zero-order valence-electron chi connectivity index (χ0n) is 77.9. The maximum atomic E-state index is 11.8. The highest BCUT2D eigenvalue weighted by atomic mass is 32.1. The maximum Gasteiger partial charge on any atom is 0.336 e. The van der Waals surface area contributed by atoms with Gasteiger partial charge in [-0.1, -0.05) is 326 Å². The number of rotatable bonds is 0. The molecule has 0 aliphatic heterocycles. The molecule has 8 nitrogen and oxygen atoms in total. The lowest BCUT2D eigenvalue weighted by molar-refractivity contribution is 0.421. The van der Waals surface area contributed by atoms with Crippen LogP contribution >= 0.6 is 34.0 Å². The summed E-state index contributed by atoms with van der Waals surface area (Å²) in [6, 6.07) is 86.8. The molecule has 18 rings (SSSR count). The topological polar surface area (TPSA) is 118 Å². The summed E-state index contributed by atoms with van der Waals surface area (Å²) in [5.41, 5.74) is 16.5. The van der Waals surface area contributed by atoms with Gasteiger partial charge in [-0.05, 0) is 207 Å². The van der Waals surface area contributed by atoms with Gasteiger partial charge in [-0.2, -0.15) is 0 Å². The van der Waals surface area contributed by atoms with Crippen molar-refractivity contribution >= 4 is 130 Å². The lowest BCUT2D eigenvalue weighted by atomic mass is 9.86. The van der Waals surface area contributed by atoms with E-state index in [9.17, 15) is 9.59 Å². The monoisotopic (exact) mass is 1690 g/mol. The van der Waals surface area contributed by atoms with Crippen molar-refractivity contribution in [3.05, 3.63) is 354 Å². The molecule has 0 spiro atoms. The number of para-hydroxylation sites is 3. The molecule has 0 aliphatic carbocycles. The number of thiophene rings is 3. The first-order valence-corrected chi connectivity index (χ1v) is 45.4. The second-order valence-corrected chi connectivity index (χ2v) is 44.0. The largest absolute Gasteiger partial charge is 0.460 e. The van der Waals surface area contributed by atoms with E-state index >= 15 is 0 Å². The molecule has 11 heteroatoms. The van der Waals surface area contributed by atoms with Crippen LogP contribution in [0.25, 0.3) is 95.8 Å². The van der Waals surface area contributed by atoms with E-state index in [2.05, 4.69) is 385 Å². The fourth-order valence-electron chi connectivity index (χ4n) is 13.6. The Balaban J connectivity index is 0.000000145. The van der Waals surface area contributed by atoms with Crippen LogP contribution in [-0.4, -0.2) is 19.9 Å². The van der Waals surface area contributed by atoms with E-state index < -0.39 is 0 Å². The van der Waals surface area contributed by atoms with Crippen LogP contribution < -0.4 is 11.1 Å². The molecule has 0 amide bonds. The van der Waals surface area contributed by atoms with Crippen molar-refractivity contribution in [2.24, 2.45) is 0 Å². The Morgan fingerprint density at radius 1 is 0.317 bits per heavy atom. The molecule has 9 aromatic carbocycles. The van der Waals surface area contributed by atoms with Crippen LogP contribution in [0.3, 0.4) is 0 Å². The summed E-state index contributed by atoms with van der Waals surface area (Å²) in [4.78, 5) is 39.8. The first-order chi connectivity index (χ1) is 57.5. The van der Waals surface area contributed by atoms with Crippen LogP contribution in [0, 0.1) is 0 Å². The Bertz CT molecular complexity index is 6330. The molecule has 0 unspecified atom stereocenters. The summed E-state index contributed by atoms with van der Waals surface area (Å²) in [7, 11) is 0. The molecular formula is C112H130N4O4S3. The summed E-state index contributed by atoms with van der Waals surface area (Å²) in [6.07, 6.45) is 5.93. The summed E-state index contributed by atoms with van der Waals surface area (Å²) in [5.74, 6) is 0.728. The molecule has 123 heavy (non-hydrogen) atoms. The number of aromatic amines is 2. The van der Waals surface area contributed by atoms with Gasteiger partial charge in [0.2, 0.25) is 0 Å². The van der Waals surface area contributed by atoms with E-state index in [0.717, 1.165) is 27.9 Å². The molecule has 18 aromatic rings. The minimum absolute atomic E-state index is 0.0294. The summed E-state index contributed by atoms with van der Waals surface area (Å²) in [6.45, 7) is 59.5. The average molecular weight is 1690 g/mol. The van der Waals surface area contributed by atoms with Crippen molar-refractivity contribution in [2.45, 2.75) is 236 Å². The SMILES string of the molecule is CC(C)(C)c1c[nH]c2ccccc12.CC(C)(C)c1cc(=O)c2ccccc2o1.CC(C)(C)c1cc2ccccc2s1.CC(C)(C)c1ccc2cc[nH]c2c1.CC(C)(C)c1ccc2ccc(=O)oc2c1.CC(C)(C)c1ccc2ccccc2n1.CC(C)(C)c1ccc2ccsc2c1.CC(C)(C)c1ccc2ncccc2c1.CC(C)(C)c1csc2ccccc12. The molecule has 2 N–H and O–H groups in total. The molecular weight excluding hydrogens is 1560 g/mol. The Kier molecular flexibility index (Phi) is 29.9. The number of nitrogens with zero attached hydrogens (tertiary/aromatic N) is 2. The van der Waals surface area contributed by atoms with Gasteiger partial charge in [0.1, 0.15) is 16.9 Å². The van der Waals surface area contributed by atoms with Gasteiger partial charge in [0, 0.05) is 98.8 Å². The number of aromatic nitrogens is 4. The Morgan fingerprint density at radius 2 is 0.854 bits per heavy atom. The van der Waals surface area contributed by atoms with E-state index in [0.29, 0.717) is 16.6 Å². The summed E-state index contributed by atoms with van der Waals surface area (Å²) < 4.78 is 15.0. The van der Waals surface area contributed by atoms with Crippen molar-refractivity contribution in [1.82, 2.24) is 19.9 Å². The van der Waals surface area contributed by atoms with Gasteiger partial charge < -0.3 is 18.8 Å². The molecule has 0 saturated carbocycles. The highest BCUT2D eigenvalue weighted by Gasteiger charge is 2.24. The maximum absolute atomic E-state index is 11.8. The number of hydrogen-bond acceptors (Lipinski definition) is 9. The van der Waals surface area contributed by atoms with Crippen LogP contribution in [0.2, 0.25) is 0 Å². The molecule has 640 valence electrons. The summed E-state index contributed by atoms with van der Waals surface area (Å²) in [5, 5.41) is 15.2.